The zero-order chi connectivity index (χ0) is 16.8. The highest BCUT2D eigenvalue weighted by atomic mass is 32.2. The van der Waals surface area contributed by atoms with E-state index >= 15 is 0 Å². The lowest BCUT2D eigenvalue weighted by Gasteiger charge is -2.06. The number of rotatable bonds is 6. The number of hydrogen-bond acceptors (Lipinski definition) is 7. The largest absolute Gasteiger partial charge is 0.482 e. The maximum Gasteiger partial charge on any atom is 0.343 e. The predicted molar refractivity (Wildman–Crippen MR) is 90.5 cm³/mol. The van der Waals surface area contributed by atoms with E-state index < -0.39 is 5.97 Å². The third kappa shape index (κ3) is 4.70. The Morgan fingerprint density at radius 1 is 1.39 bits per heavy atom. The number of methoxy groups -OCH3 is 1. The first kappa shape index (κ1) is 17.3. The van der Waals surface area contributed by atoms with E-state index in [0.29, 0.717) is 16.4 Å². The van der Waals surface area contributed by atoms with Crippen molar-refractivity contribution < 1.29 is 19.1 Å². The van der Waals surface area contributed by atoms with Gasteiger partial charge in [0, 0.05) is 5.56 Å². The summed E-state index contributed by atoms with van der Waals surface area (Å²) >= 11 is 3.03. The third-order valence-electron chi connectivity index (χ3n) is 2.84. The van der Waals surface area contributed by atoms with E-state index in [1.165, 1.54) is 18.4 Å². The second-order valence-electron chi connectivity index (χ2n) is 4.44. The topological polar surface area (TPSA) is 77.5 Å². The van der Waals surface area contributed by atoms with Crippen molar-refractivity contribution >= 4 is 40.1 Å². The van der Waals surface area contributed by atoms with E-state index in [9.17, 15) is 9.59 Å². The third-order valence-corrected chi connectivity index (χ3v) is 5.12. The summed E-state index contributed by atoms with van der Waals surface area (Å²) in [5.41, 5.74) is 1.32. The van der Waals surface area contributed by atoms with Gasteiger partial charge in [0.25, 0.3) is 5.91 Å². The van der Waals surface area contributed by atoms with E-state index in [0.717, 1.165) is 9.90 Å². The maximum absolute atomic E-state index is 12.3. The molecule has 1 aromatic carbocycles. The number of aryl methyl sites for hydroxylation is 1. The second kappa shape index (κ2) is 7.98. The van der Waals surface area contributed by atoms with E-state index in [1.807, 2.05) is 13.2 Å². The van der Waals surface area contributed by atoms with Gasteiger partial charge < -0.3 is 9.47 Å². The zero-order valence-electron chi connectivity index (χ0n) is 12.9. The van der Waals surface area contributed by atoms with Gasteiger partial charge in [-0.15, -0.1) is 11.8 Å². The van der Waals surface area contributed by atoms with Crippen LogP contribution in [0.2, 0.25) is 0 Å². The van der Waals surface area contributed by atoms with Crippen LogP contribution in [0.15, 0.2) is 28.5 Å². The molecular weight excluding hydrogens is 336 g/mol. The van der Waals surface area contributed by atoms with Crippen molar-refractivity contribution in [3.05, 3.63) is 35.5 Å². The molecule has 1 heterocycles. The molecule has 0 aliphatic heterocycles. The lowest BCUT2D eigenvalue weighted by atomic mass is 10.2. The normalized spacial score (nSPS) is 10.2. The van der Waals surface area contributed by atoms with Crippen LogP contribution in [-0.4, -0.2) is 36.8 Å². The molecule has 0 spiro atoms. The molecule has 0 aliphatic carbocycles. The second-order valence-corrected chi connectivity index (χ2v) is 6.52. The fourth-order valence-corrected chi connectivity index (χ4v) is 3.33. The van der Waals surface area contributed by atoms with Crippen LogP contribution < -0.4 is 10.1 Å². The van der Waals surface area contributed by atoms with Crippen molar-refractivity contribution in [3.63, 3.8) is 0 Å². The Hall–Kier alpha value is -2.06. The number of esters is 1. The number of nitrogens with one attached hydrogen (secondary N) is 1. The lowest BCUT2D eigenvalue weighted by Crippen LogP contribution is -2.14. The molecule has 0 fully saturated rings. The van der Waals surface area contributed by atoms with Crippen molar-refractivity contribution in [3.8, 4) is 5.75 Å². The maximum atomic E-state index is 12.3. The summed E-state index contributed by atoms with van der Waals surface area (Å²) in [4.78, 5) is 27.7. The minimum Gasteiger partial charge on any atom is -0.482 e. The van der Waals surface area contributed by atoms with Crippen molar-refractivity contribution in [2.24, 2.45) is 0 Å². The molecule has 0 saturated carbocycles. The van der Waals surface area contributed by atoms with Gasteiger partial charge in [-0.25, -0.2) is 9.78 Å². The van der Waals surface area contributed by atoms with Crippen LogP contribution in [0.25, 0.3) is 0 Å². The molecule has 0 bridgehead atoms. The van der Waals surface area contributed by atoms with Crippen LogP contribution in [-0.2, 0) is 9.53 Å². The van der Waals surface area contributed by atoms with Gasteiger partial charge in [0.05, 0.1) is 17.0 Å². The van der Waals surface area contributed by atoms with Gasteiger partial charge in [0.1, 0.15) is 5.75 Å². The minimum absolute atomic E-state index is 0.204. The molecule has 0 radical (unpaired) electrons. The highest BCUT2D eigenvalue weighted by molar-refractivity contribution is 8.00. The van der Waals surface area contributed by atoms with Gasteiger partial charge in [0.2, 0.25) is 0 Å². The quantitative estimate of drug-likeness (QED) is 0.636. The van der Waals surface area contributed by atoms with Gasteiger partial charge in [-0.05, 0) is 31.4 Å². The molecule has 0 saturated heterocycles. The van der Waals surface area contributed by atoms with Crippen LogP contribution >= 0.6 is 23.1 Å². The van der Waals surface area contributed by atoms with Gasteiger partial charge in [-0.3, -0.25) is 10.1 Å². The summed E-state index contributed by atoms with van der Waals surface area (Å²) in [5, 5.41) is 3.32. The molecule has 122 valence electrons. The van der Waals surface area contributed by atoms with Gasteiger partial charge in [-0.2, -0.15) is 0 Å². The number of carbonyl (C=O) groups excluding carboxylic acids is 2. The van der Waals surface area contributed by atoms with Gasteiger partial charge in [-0.1, -0.05) is 17.4 Å². The fourth-order valence-electron chi connectivity index (χ4n) is 1.72. The molecule has 23 heavy (non-hydrogen) atoms. The Morgan fingerprint density at radius 2 is 2.17 bits per heavy atom. The Balaban J connectivity index is 2.05. The first-order chi connectivity index (χ1) is 11.0. The van der Waals surface area contributed by atoms with Crippen LogP contribution in [0.4, 0.5) is 5.13 Å². The average Bonchev–Trinajstić information content (AvgIpc) is 2.92. The molecule has 2 rings (SSSR count). The summed E-state index contributed by atoms with van der Waals surface area (Å²) in [5.74, 6) is -0.346. The number of amides is 1. The predicted octanol–water partition coefficient (Wildman–Crippen LogP) is 2.98. The Bertz CT molecular complexity index is 715. The van der Waals surface area contributed by atoms with Gasteiger partial charge in [0.15, 0.2) is 11.7 Å². The monoisotopic (exact) mass is 352 g/mol. The number of carbonyl (C=O) groups is 2. The summed E-state index contributed by atoms with van der Waals surface area (Å²) in [6, 6.07) is 6.57. The number of ether oxygens (including phenoxy) is 2. The molecule has 0 unspecified atom stereocenters. The number of nitrogens with zero attached hydrogens (tertiary/aromatic N) is 1. The Kier molecular flexibility index (Phi) is 6.00. The van der Waals surface area contributed by atoms with Crippen molar-refractivity contribution in [2.75, 3.05) is 25.3 Å². The highest BCUT2D eigenvalue weighted by Gasteiger charge is 2.12. The van der Waals surface area contributed by atoms with Crippen molar-refractivity contribution in [2.45, 2.75) is 11.1 Å². The van der Waals surface area contributed by atoms with Crippen molar-refractivity contribution in [1.82, 2.24) is 4.98 Å². The fraction of sp³-hybridized carbons (Fsp3) is 0.267. The molecule has 6 nitrogen and oxygen atoms in total. The minimum atomic E-state index is -0.484. The number of anilines is 1. The van der Waals surface area contributed by atoms with Crippen LogP contribution in [0.3, 0.4) is 0 Å². The highest BCUT2D eigenvalue weighted by Crippen LogP contribution is 2.30. The summed E-state index contributed by atoms with van der Waals surface area (Å²) < 4.78 is 10.8. The van der Waals surface area contributed by atoms with Crippen LogP contribution in [0.1, 0.15) is 16.1 Å². The molecule has 0 aliphatic rings. The smallest absolute Gasteiger partial charge is 0.343 e. The molecule has 8 heteroatoms. The average molecular weight is 352 g/mol. The number of thiazole rings is 1. The van der Waals surface area contributed by atoms with E-state index in [4.69, 9.17) is 4.74 Å². The molecule has 1 amide bonds. The van der Waals surface area contributed by atoms with E-state index in [-0.39, 0.29) is 12.5 Å². The molecular formula is C15H16N2O4S2. The molecule has 2 aromatic rings. The van der Waals surface area contributed by atoms with Crippen LogP contribution in [0, 0.1) is 6.92 Å². The standard InChI is InChI=1S/C15H16N2O4S2/c1-9-14(22-3)23-15(16-9)17-13(19)10-5-4-6-11(7-10)21-8-12(18)20-2/h4-7H,8H2,1-3H3,(H,16,17,19). The Morgan fingerprint density at radius 3 is 2.83 bits per heavy atom. The zero-order valence-corrected chi connectivity index (χ0v) is 14.5. The molecule has 1 aromatic heterocycles. The SMILES string of the molecule is COC(=O)COc1cccc(C(=O)Nc2nc(C)c(SC)s2)c1. The summed E-state index contributed by atoms with van der Waals surface area (Å²) in [6.07, 6.45) is 1.97. The van der Waals surface area contributed by atoms with E-state index in [1.54, 1.807) is 36.0 Å². The number of hydrogen-bond donors (Lipinski definition) is 1. The summed E-state index contributed by atoms with van der Waals surface area (Å²) in [7, 11) is 1.29. The Labute approximate surface area is 142 Å². The van der Waals surface area contributed by atoms with Crippen molar-refractivity contribution in [1.29, 1.82) is 0 Å². The number of thioether (sulfide) groups is 1. The first-order valence-corrected chi connectivity index (χ1v) is 8.70. The first-order valence-electron chi connectivity index (χ1n) is 6.66. The lowest BCUT2D eigenvalue weighted by molar-refractivity contribution is -0.142. The molecule has 0 atom stereocenters. The summed E-state index contributed by atoms with van der Waals surface area (Å²) in [6.45, 7) is 1.70. The number of aromatic nitrogens is 1. The number of benzene rings is 1. The van der Waals surface area contributed by atoms with E-state index in [2.05, 4.69) is 15.0 Å². The van der Waals surface area contributed by atoms with Gasteiger partial charge >= 0.3 is 5.97 Å². The molecule has 1 N–H and O–H groups in total. The van der Waals surface area contributed by atoms with Crippen LogP contribution in [0.5, 0.6) is 5.75 Å².